The first-order valence-corrected chi connectivity index (χ1v) is 8.20. The lowest BCUT2D eigenvalue weighted by molar-refractivity contribution is -0.0384. The third-order valence-corrected chi connectivity index (χ3v) is 4.59. The zero-order valence-corrected chi connectivity index (χ0v) is 13.9. The van der Waals surface area contributed by atoms with Crippen molar-refractivity contribution in [2.45, 2.75) is 37.5 Å². The zero-order valence-electron chi connectivity index (χ0n) is 13.9. The van der Waals surface area contributed by atoms with Gasteiger partial charge in [0.1, 0.15) is 0 Å². The quantitative estimate of drug-likeness (QED) is 0.317. The van der Waals surface area contributed by atoms with E-state index in [0.717, 1.165) is 0 Å². The molecule has 0 amide bonds. The molecule has 0 radical (unpaired) electrons. The first-order valence-electron chi connectivity index (χ1n) is 8.20. The second-order valence-corrected chi connectivity index (χ2v) is 6.46. The molecule has 0 heterocycles. The summed E-state index contributed by atoms with van der Waals surface area (Å²) >= 11 is 0. The van der Waals surface area contributed by atoms with E-state index in [1.165, 1.54) is 12.1 Å². The topological polar surface area (TPSA) is 0 Å². The predicted octanol–water partition coefficient (Wildman–Crippen LogP) is 6.07. The van der Waals surface area contributed by atoms with E-state index in [9.17, 15) is 30.7 Å². The van der Waals surface area contributed by atoms with Crippen LogP contribution in [-0.2, 0) is 0 Å². The predicted molar refractivity (Wildman–Crippen MR) is 84.8 cm³/mol. The van der Waals surface area contributed by atoms with Gasteiger partial charge < -0.3 is 0 Å². The highest BCUT2D eigenvalue weighted by molar-refractivity contribution is 5.45. The molecule has 3 rings (SSSR count). The highest BCUT2D eigenvalue weighted by atomic mass is 19.3. The van der Waals surface area contributed by atoms with Gasteiger partial charge in [0.15, 0.2) is 29.1 Å². The van der Waals surface area contributed by atoms with Crippen LogP contribution in [0.5, 0.6) is 0 Å². The Morgan fingerprint density at radius 1 is 0.778 bits per heavy atom. The summed E-state index contributed by atoms with van der Waals surface area (Å²) < 4.78 is 94.3. The van der Waals surface area contributed by atoms with E-state index in [1.807, 2.05) is 0 Å². The first kappa shape index (κ1) is 19.3. The molecule has 1 aliphatic carbocycles. The second-order valence-electron chi connectivity index (χ2n) is 6.46. The van der Waals surface area contributed by atoms with Crippen LogP contribution in [0.25, 0.3) is 0 Å². The van der Waals surface area contributed by atoms with Crippen molar-refractivity contribution in [1.29, 1.82) is 0 Å². The minimum Gasteiger partial charge on any atom is -0.207 e. The summed E-state index contributed by atoms with van der Waals surface area (Å²) in [4.78, 5) is 0. The standard InChI is InChI=1S/C20H13F7/c21-15-9-11(10-16(22)19(15)25)1-2-13-3-4-14(18(24)17(13)23)12-5-7-20(26,27)8-6-12/h3-4,9-10,12H,5-8H2. The van der Waals surface area contributed by atoms with E-state index in [4.69, 9.17) is 0 Å². The Labute approximate surface area is 151 Å². The smallest absolute Gasteiger partial charge is 0.207 e. The Bertz CT molecular complexity index is 904. The molecule has 0 spiro atoms. The number of hydrogen-bond donors (Lipinski definition) is 0. The van der Waals surface area contributed by atoms with Crippen LogP contribution >= 0.6 is 0 Å². The van der Waals surface area contributed by atoms with E-state index in [2.05, 4.69) is 11.8 Å². The summed E-state index contributed by atoms with van der Waals surface area (Å²) in [6, 6.07) is 3.73. The van der Waals surface area contributed by atoms with Crippen molar-refractivity contribution < 1.29 is 30.7 Å². The SMILES string of the molecule is Fc1cc(C#Cc2ccc(C3CCC(F)(F)CC3)c(F)c2F)cc(F)c1F. The van der Waals surface area contributed by atoms with Crippen molar-refractivity contribution in [1.82, 2.24) is 0 Å². The lowest BCUT2D eigenvalue weighted by Crippen LogP contribution is -2.24. The summed E-state index contributed by atoms with van der Waals surface area (Å²) in [6.45, 7) is 0. The number of rotatable bonds is 1. The van der Waals surface area contributed by atoms with Gasteiger partial charge in [-0.2, -0.15) is 0 Å². The van der Waals surface area contributed by atoms with E-state index in [0.29, 0.717) is 12.1 Å². The van der Waals surface area contributed by atoms with Crippen molar-refractivity contribution >= 4 is 0 Å². The zero-order chi connectivity index (χ0) is 19.8. The summed E-state index contributed by atoms with van der Waals surface area (Å²) in [5.74, 6) is -5.79. The molecule has 142 valence electrons. The van der Waals surface area contributed by atoms with Gasteiger partial charge in [-0.05, 0) is 42.5 Å². The van der Waals surface area contributed by atoms with Crippen LogP contribution in [0.3, 0.4) is 0 Å². The van der Waals surface area contributed by atoms with Crippen molar-refractivity contribution in [3.8, 4) is 11.8 Å². The van der Waals surface area contributed by atoms with Gasteiger partial charge >= 0.3 is 0 Å². The van der Waals surface area contributed by atoms with E-state index in [-0.39, 0.29) is 42.4 Å². The minimum absolute atomic E-state index is 0.00687. The molecule has 27 heavy (non-hydrogen) atoms. The summed E-state index contributed by atoms with van der Waals surface area (Å²) in [6.07, 6.45) is -0.686. The molecule has 0 aliphatic heterocycles. The second kappa shape index (κ2) is 7.26. The fourth-order valence-corrected chi connectivity index (χ4v) is 3.09. The number of alkyl halides is 2. The van der Waals surface area contributed by atoms with E-state index >= 15 is 0 Å². The third-order valence-electron chi connectivity index (χ3n) is 4.59. The van der Waals surface area contributed by atoms with Crippen LogP contribution in [-0.4, -0.2) is 5.92 Å². The highest BCUT2D eigenvalue weighted by Gasteiger charge is 2.36. The molecule has 0 N–H and O–H groups in total. The molecule has 1 fully saturated rings. The van der Waals surface area contributed by atoms with Crippen molar-refractivity contribution in [3.63, 3.8) is 0 Å². The van der Waals surface area contributed by atoms with Crippen LogP contribution in [0.2, 0.25) is 0 Å². The molecule has 0 atom stereocenters. The van der Waals surface area contributed by atoms with Crippen LogP contribution in [0.1, 0.15) is 48.3 Å². The van der Waals surface area contributed by atoms with Gasteiger partial charge in [-0.25, -0.2) is 30.7 Å². The number of benzene rings is 2. The highest BCUT2D eigenvalue weighted by Crippen LogP contribution is 2.41. The van der Waals surface area contributed by atoms with Gasteiger partial charge in [0.25, 0.3) is 0 Å². The Hall–Kier alpha value is -2.49. The Morgan fingerprint density at radius 2 is 1.37 bits per heavy atom. The Balaban J connectivity index is 1.87. The summed E-state index contributed by atoms with van der Waals surface area (Å²) in [5, 5.41) is 0. The number of halogens is 7. The Kier molecular flexibility index (Phi) is 5.18. The average molecular weight is 386 g/mol. The fraction of sp³-hybridized carbons (Fsp3) is 0.300. The molecule has 7 heteroatoms. The maximum atomic E-state index is 14.3. The molecule has 0 saturated heterocycles. The van der Waals surface area contributed by atoms with Crippen LogP contribution in [0.4, 0.5) is 30.7 Å². The summed E-state index contributed by atoms with van der Waals surface area (Å²) in [5.41, 5.74) is -0.597. The molecule has 0 nitrogen and oxygen atoms in total. The number of hydrogen-bond acceptors (Lipinski definition) is 0. The normalized spacial score (nSPS) is 16.7. The van der Waals surface area contributed by atoms with E-state index < -0.39 is 40.9 Å². The maximum absolute atomic E-state index is 14.3. The van der Waals surface area contributed by atoms with Gasteiger partial charge in [0.2, 0.25) is 5.92 Å². The molecular formula is C20H13F7. The van der Waals surface area contributed by atoms with Gasteiger partial charge in [0, 0.05) is 18.4 Å². The molecule has 2 aromatic rings. The molecule has 1 saturated carbocycles. The summed E-state index contributed by atoms with van der Waals surface area (Å²) in [7, 11) is 0. The maximum Gasteiger partial charge on any atom is 0.248 e. The van der Waals surface area contributed by atoms with Crippen LogP contribution in [0, 0.1) is 40.9 Å². The van der Waals surface area contributed by atoms with Crippen LogP contribution < -0.4 is 0 Å². The van der Waals surface area contributed by atoms with Gasteiger partial charge in [0.05, 0.1) is 5.56 Å². The van der Waals surface area contributed by atoms with Gasteiger partial charge in [-0.15, -0.1) is 0 Å². The average Bonchev–Trinajstić information content (AvgIpc) is 2.61. The lowest BCUT2D eigenvalue weighted by Gasteiger charge is -2.28. The molecule has 0 bridgehead atoms. The fourth-order valence-electron chi connectivity index (χ4n) is 3.09. The van der Waals surface area contributed by atoms with Gasteiger partial charge in [-0.3, -0.25) is 0 Å². The van der Waals surface area contributed by atoms with Crippen LogP contribution in [0.15, 0.2) is 24.3 Å². The third kappa shape index (κ3) is 4.10. The van der Waals surface area contributed by atoms with E-state index in [1.54, 1.807) is 0 Å². The monoisotopic (exact) mass is 386 g/mol. The molecule has 2 aromatic carbocycles. The van der Waals surface area contributed by atoms with Crippen molar-refractivity contribution in [2.24, 2.45) is 0 Å². The molecule has 0 aromatic heterocycles. The van der Waals surface area contributed by atoms with Crippen molar-refractivity contribution in [3.05, 3.63) is 70.0 Å². The molecular weight excluding hydrogens is 373 g/mol. The first-order chi connectivity index (χ1) is 12.7. The molecule has 0 unspecified atom stereocenters. The Morgan fingerprint density at radius 3 is 1.96 bits per heavy atom. The lowest BCUT2D eigenvalue weighted by atomic mass is 9.82. The van der Waals surface area contributed by atoms with Gasteiger partial charge in [-0.1, -0.05) is 17.9 Å². The minimum atomic E-state index is -2.78. The largest absolute Gasteiger partial charge is 0.248 e. The molecule has 1 aliphatic rings. The van der Waals surface area contributed by atoms with Crippen molar-refractivity contribution in [2.75, 3.05) is 0 Å².